The molecule has 1 unspecified atom stereocenters. The summed E-state index contributed by atoms with van der Waals surface area (Å²) >= 11 is 0. The summed E-state index contributed by atoms with van der Waals surface area (Å²) in [5, 5.41) is 20.4. The second-order valence-corrected chi connectivity index (χ2v) is 18.2. The smallest absolute Gasteiger partial charge is 0.303 e. The van der Waals surface area contributed by atoms with Crippen molar-refractivity contribution in [1.29, 1.82) is 0 Å². The number of fused-ring (bicyclic) bond motifs is 5. The standard InChI is InChI=1S/C47H76O3/c1-37(2)24-23-25-38(3)41-29-30-42-40-28-27-39-36-47(50,35-34-45(39,4)43(40)31-33-46(41,42)5)32-22-20-18-16-14-12-10-8-6-7-9-11-13-15-17-19-21-26-44(48)49/h6,8-9,11-12,14-15,17,27,37-38,40-43,50H,7,10,13,16,18-26,28-36H2,1-5H3,(H,48,49)/t38-,40+,41-,42+,43+,45+,46-,47?/m1/s1. The first-order valence-corrected chi connectivity index (χ1v) is 21.2. The molecule has 0 heterocycles. The molecule has 0 aromatic carbocycles. The van der Waals surface area contributed by atoms with Crippen LogP contribution >= 0.6 is 0 Å². The van der Waals surface area contributed by atoms with Crippen molar-refractivity contribution in [2.45, 2.75) is 181 Å². The van der Waals surface area contributed by atoms with Crippen LogP contribution in [0.25, 0.3) is 0 Å². The average molecular weight is 689 g/mol. The van der Waals surface area contributed by atoms with Crippen LogP contribution in [0.3, 0.4) is 0 Å². The third kappa shape index (κ3) is 11.3. The predicted octanol–water partition coefficient (Wildman–Crippen LogP) is 13.4. The lowest BCUT2D eigenvalue weighted by Crippen LogP contribution is -2.52. The van der Waals surface area contributed by atoms with Crippen molar-refractivity contribution < 1.29 is 15.0 Å². The van der Waals surface area contributed by atoms with Gasteiger partial charge in [0.1, 0.15) is 0 Å². The van der Waals surface area contributed by atoms with Crippen molar-refractivity contribution in [3.8, 4) is 0 Å². The predicted molar refractivity (Wildman–Crippen MR) is 213 cm³/mol. The highest BCUT2D eigenvalue weighted by Crippen LogP contribution is 2.68. The van der Waals surface area contributed by atoms with Gasteiger partial charge in [-0.1, -0.05) is 127 Å². The Morgan fingerprint density at radius 1 is 0.780 bits per heavy atom. The molecule has 0 bridgehead atoms. The molecule has 0 radical (unpaired) electrons. The summed E-state index contributed by atoms with van der Waals surface area (Å²) in [5.41, 5.74) is 2.00. The fraction of sp³-hybridized carbons (Fsp3) is 0.766. The van der Waals surface area contributed by atoms with Gasteiger partial charge < -0.3 is 10.2 Å². The Morgan fingerprint density at radius 2 is 1.44 bits per heavy atom. The summed E-state index contributed by atoms with van der Waals surface area (Å²) in [6, 6.07) is 0. The third-order valence-corrected chi connectivity index (χ3v) is 14.2. The highest BCUT2D eigenvalue weighted by molar-refractivity contribution is 5.66. The van der Waals surface area contributed by atoms with E-state index in [4.69, 9.17) is 5.11 Å². The van der Waals surface area contributed by atoms with Crippen molar-refractivity contribution in [2.75, 3.05) is 0 Å². The fourth-order valence-corrected chi connectivity index (χ4v) is 11.3. The highest BCUT2D eigenvalue weighted by Gasteiger charge is 2.59. The first kappa shape index (κ1) is 40.9. The molecule has 4 rings (SSSR count). The Balaban J connectivity index is 1.12. The van der Waals surface area contributed by atoms with Crippen molar-refractivity contribution in [3.63, 3.8) is 0 Å². The van der Waals surface area contributed by atoms with Gasteiger partial charge in [-0.3, -0.25) is 4.79 Å². The van der Waals surface area contributed by atoms with Crippen LogP contribution in [0.4, 0.5) is 0 Å². The number of allylic oxidation sites excluding steroid dienone is 9. The molecule has 3 heteroatoms. The molecule has 2 N–H and O–H groups in total. The molecule has 4 aliphatic rings. The molecular formula is C47H76O3. The van der Waals surface area contributed by atoms with E-state index in [-0.39, 0.29) is 6.42 Å². The molecule has 282 valence electrons. The van der Waals surface area contributed by atoms with E-state index in [1.165, 1.54) is 70.6 Å². The first-order chi connectivity index (χ1) is 24.0. The van der Waals surface area contributed by atoms with Crippen LogP contribution in [-0.2, 0) is 4.79 Å². The highest BCUT2D eigenvalue weighted by atomic mass is 16.4. The quantitative estimate of drug-likeness (QED) is 0.0932. The Labute approximate surface area is 308 Å². The number of rotatable bonds is 21. The van der Waals surface area contributed by atoms with Gasteiger partial charge >= 0.3 is 5.97 Å². The van der Waals surface area contributed by atoms with Crippen molar-refractivity contribution in [3.05, 3.63) is 60.3 Å². The van der Waals surface area contributed by atoms with Gasteiger partial charge in [0, 0.05) is 6.42 Å². The maximum atomic E-state index is 11.8. The van der Waals surface area contributed by atoms with Crippen LogP contribution < -0.4 is 0 Å². The topological polar surface area (TPSA) is 57.5 Å². The molecular weight excluding hydrogens is 613 g/mol. The van der Waals surface area contributed by atoms with Crippen LogP contribution in [0.5, 0.6) is 0 Å². The van der Waals surface area contributed by atoms with E-state index in [1.807, 2.05) is 0 Å². The molecule has 4 aliphatic carbocycles. The summed E-state index contributed by atoms with van der Waals surface area (Å²) in [6.07, 6.45) is 45.0. The van der Waals surface area contributed by atoms with E-state index >= 15 is 0 Å². The molecule has 3 saturated carbocycles. The molecule has 0 saturated heterocycles. The number of hydrogen-bond acceptors (Lipinski definition) is 2. The van der Waals surface area contributed by atoms with E-state index in [0.29, 0.717) is 17.3 Å². The average Bonchev–Trinajstić information content (AvgIpc) is 3.43. The minimum absolute atomic E-state index is 0.252. The van der Waals surface area contributed by atoms with Crippen LogP contribution in [0.1, 0.15) is 176 Å². The van der Waals surface area contributed by atoms with Crippen LogP contribution in [-0.4, -0.2) is 21.8 Å². The van der Waals surface area contributed by atoms with Crippen LogP contribution in [0.2, 0.25) is 0 Å². The molecule has 50 heavy (non-hydrogen) atoms. The van der Waals surface area contributed by atoms with Crippen LogP contribution in [0, 0.1) is 46.3 Å². The zero-order valence-electron chi connectivity index (χ0n) is 33.0. The van der Waals surface area contributed by atoms with Gasteiger partial charge in [0.05, 0.1) is 5.60 Å². The van der Waals surface area contributed by atoms with Crippen molar-refractivity contribution in [2.24, 2.45) is 46.3 Å². The molecule has 0 spiro atoms. The Hall–Kier alpha value is -1.87. The van der Waals surface area contributed by atoms with Gasteiger partial charge in [0.25, 0.3) is 0 Å². The lowest BCUT2D eigenvalue weighted by molar-refractivity contribution is -0.137. The molecule has 3 nitrogen and oxygen atoms in total. The number of hydrogen-bond donors (Lipinski definition) is 2. The fourth-order valence-electron chi connectivity index (χ4n) is 11.3. The van der Waals surface area contributed by atoms with E-state index in [9.17, 15) is 9.90 Å². The number of aliphatic carboxylic acids is 1. The zero-order chi connectivity index (χ0) is 36.0. The number of aliphatic hydroxyl groups is 1. The Kier molecular flexibility index (Phi) is 16.2. The van der Waals surface area contributed by atoms with E-state index < -0.39 is 11.6 Å². The van der Waals surface area contributed by atoms with E-state index in [2.05, 4.69) is 89.3 Å². The molecule has 0 aromatic rings. The lowest BCUT2D eigenvalue weighted by atomic mass is 9.46. The minimum atomic E-state index is -0.715. The first-order valence-electron chi connectivity index (χ1n) is 21.2. The van der Waals surface area contributed by atoms with Gasteiger partial charge in [-0.15, -0.1) is 0 Å². The SMILES string of the molecule is CC(C)CCC[C@@H](C)[C@H]1CC[C@H]2[C@@H]3CC=C4CC(O)(CCCCCC=CCC=CCC=CCC=CCCCC(=O)O)CC[C@]4(C)[C@H]3CC[C@]12C. The van der Waals surface area contributed by atoms with Gasteiger partial charge in [-0.2, -0.15) is 0 Å². The van der Waals surface area contributed by atoms with E-state index in [0.717, 1.165) is 93.3 Å². The lowest BCUT2D eigenvalue weighted by Gasteiger charge is -2.59. The number of carbonyl (C=O) groups is 1. The zero-order valence-corrected chi connectivity index (χ0v) is 33.0. The Morgan fingerprint density at radius 3 is 2.10 bits per heavy atom. The number of carboxylic acids is 1. The summed E-state index contributed by atoms with van der Waals surface area (Å²) in [7, 11) is 0. The summed E-state index contributed by atoms with van der Waals surface area (Å²) in [5.74, 6) is 4.51. The van der Waals surface area contributed by atoms with Gasteiger partial charge in [0.15, 0.2) is 0 Å². The van der Waals surface area contributed by atoms with Gasteiger partial charge in [-0.25, -0.2) is 0 Å². The second-order valence-electron chi connectivity index (χ2n) is 18.2. The molecule has 8 atom stereocenters. The van der Waals surface area contributed by atoms with Gasteiger partial charge in [0.2, 0.25) is 0 Å². The summed E-state index contributed by atoms with van der Waals surface area (Å²) in [4.78, 5) is 10.5. The monoisotopic (exact) mass is 689 g/mol. The third-order valence-electron chi connectivity index (χ3n) is 14.2. The van der Waals surface area contributed by atoms with E-state index in [1.54, 1.807) is 5.57 Å². The second kappa shape index (κ2) is 19.8. The van der Waals surface area contributed by atoms with Crippen LogP contribution in [0.15, 0.2) is 60.3 Å². The maximum Gasteiger partial charge on any atom is 0.303 e. The Bertz CT molecular complexity index is 1190. The number of carboxylic acid groups (broad SMARTS) is 1. The minimum Gasteiger partial charge on any atom is -0.481 e. The van der Waals surface area contributed by atoms with Crippen molar-refractivity contribution >= 4 is 5.97 Å². The molecule has 3 fully saturated rings. The van der Waals surface area contributed by atoms with Crippen molar-refractivity contribution in [1.82, 2.24) is 0 Å². The largest absolute Gasteiger partial charge is 0.481 e. The summed E-state index contributed by atoms with van der Waals surface area (Å²) < 4.78 is 0. The molecule has 0 aromatic heterocycles. The van der Waals surface area contributed by atoms with Gasteiger partial charge in [-0.05, 0) is 149 Å². The number of unbranched alkanes of at least 4 members (excludes halogenated alkanes) is 4. The maximum absolute atomic E-state index is 11.8. The molecule has 0 amide bonds. The molecule has 0 aliphatic heterocycles. The normalized spacial score (nSPS) is 33.4. The summed E-state index contributed by atoms with van der Waals surface area (Å²) in [6.45, 7) is 12.6.